The Labute approximate surface area is 100 Å². The second-order valence-corrected chi connectivity index (χ2v) is 3.85. The van der Waals surface area contributed by atoms with Crippen molar-refractivity contribution in [3.05, 3.63) is 35.4 Å². The van der Waals surface area contributed by atoms with Gasteiger partial charge in [-0.2, -0.15) is 0 Å². The highest BCUT2D eigenvalue weighted by molar-refractivity contribution is 6.01. The fourth-order valence-electron chi connectivity index (χ4n) is 1.29. The number of amidine groups is 1. The van der Waals surface area contributed by atoms with E-state index in [1.54, 1.807) is 24.3 Å². The molecule has 0 radical (unpaired) electrons. The second kappa shape index (κ2) is 5.89. The standard InChI is InChI=1S/C12H17N3O2/c1-3-8(2)14-12(16)10-6-4-5-9(7-10)11(13)15-17/h4-8,17H,3H2,1-2H3,(H2,13,15)(H,14,16). The van der Waals surface area contributed by atoms with Gasteiger partial charge in [0.2, 0.25) is 0 Å². The van der Waals surface area contributed by atoms with Crippen molar-refractivity contribution in [2.24, 2.45) is 10.9 Å². The van der Waals surface area contributed by atoms with Gasteiger partial charge in [0.1, 0.15) is 0 Å². The third kappa shape index (κ3) is 3.48. The fourth-order valence-corrected chi connectivity index (χ4v) is 1.29. The number of carbonyl (C=O) groups excluding carboxylic acids is 1. The van der Waals surface area contributed by atoms with E-state index < -0.39 is 0 Å². The number of rotatable bonds is 4. The van der Waals surface area contributed by atoms with Gasteiger partial charge in [-0.05, 0) is 25.5 Å². The Morgan fingerprint density at radius 1 is 1.53 bits per heavy atom. The van der Waals surface area contributed by atoms with Gasteiger partial charge in [-0.1, -0.05) is 24.2 Å². The van der Waals surface area contributed by atoms with Crippen LogP contribution in [-0.2, 0) is 0 Å². The molecule has 17 heavy (non-hydrogen) atoms. The number of nitrogens with zero attached hydrogens (tertiary/aromatic N) is 1. The Bertz CT molecular complexity index is 430. The summed E-state index contributed by atoms with van der Waals surface area (Å²) in [6.45, 7) is 3.93. The lowest BCUT2D eigenvalue weighted by Gasteiger charge is -2.11. The Balaban J connectivity index is 2.88. The molecule has 92 valence electrons. The minimum absolute atomic E-state index is 0.0109. The first-order valence-electron chi connectivity index (χ1n) is 5.47. The van der Waals surface area contributed by atoms with Crippen LogP contribution in [0.1, 0.15) is 36.2 Å². The Morgan fingerprint density at radius 3 is 2.76 bits per heavy atom. The van der Waals surface area contributed by atoms with Crippen LogP contribution in [0.3, 0.4) is 0 Å². The number of carbonyl (C=O) groups is 1. The molecule has 5 heteroatoms. The summed E-state index contributed by atoms with van der Waals surface area (Å²) in [5.41, 5.74) is 6.47. The first-order chi connectivity index (χ1) is 8.08. The smallest absolute Gasteiger partial charge is 0.251 e. The van der Waals surface area contributed by atoms with E-state index in [1.165, 1.54) is 0 Å². The summed E-state index contributed by atoms with van der Waals surface area (Å²) in [5, 5.41) is 14.3. The van der Waals surface area contributed by atoms with Gasteiger partial charge in [0, 0.05) is 17.2 Å². The maximum Gasteiger partial charge on any atom is 0.251 e. The summed E-state index contributed by atoms with van der Waals surface area (Å²) in [7, 11) is 0. The van der Waals surface area contributed by atoms with Gasteiger partial charge >= 0.3 is 0 Å². The minimum atomic E-state index is -0.160. The van der Waals surface area contributed by atoms with Crippen LogP contribution in [0, 0.1) is 0 Å². The lowest BCUT2D eigenvalue weighted by Crippen LogP contribution is -2.32. The van der Waals surface area contributed by atoms with Crippen molar-refractivity contribution in [2.75, 3.05) is 0 Å². The molecular formula is C12H17N3O2. The van der Waals surface area contributed by atoms with E-state index in [0.717, 1.165) is 6.42 Å². The minimum Gasteiger partial charge on any atom is -0.409 e. The average molecular weight is 235 g/mol. The molecule has 0 fully saturated rings. The third-order valence-corrected chi connectivity index (χ3v) is 2.52. The molecule has 0 aliphatic carbocycles. The Kier molecular flexibility index (Phi) is 4.51. The Morgan fingerprint density at radius 2 is 2.18 bits per heavy atom. The number of amides is 1. The van der Waals surface area contributed by atoms with E-state index in [2.05, 4.69) is 10.5 Å². The predicted molar refractivity (Wildman–Crippen MR) is 66.2 cm³/mol. The van der Waals surface area contributed by atoms with Crippen LogP contribution in [0.15, 0.2) is 29.4 Å². The van der Waals surface area contributed by atoms with Crippen LogP contribution < -0.4 is 11.1 Å². The molecule has 1 aromatic rings. The van der Waals surface area contributed by atoms with Crippen molar-refractivity contribution in [3.8, 4) is 0 Å². The number of nitrogens with one attached hydrogen (secondary N) is 1. The SMILES string of the molecule is CCC(C)NC(=O)c1cccc(/C(N)=N/O)c1. The van der Waals surface area contributed by atoms with Gasteiger partial charge in [-0.3, -0.25) is 4.79 Å². The fraction of sp³-hybridized carbons (Fsp3) is 0.333. The quantitative estimate of drug-likeness (QED) is 0.318. The van der Waals surface area contributed by atoms with Crippen LogP contribution >= 0.6 is 0 Å². The highest BCUT2D eigenvalue weighted by atomic mass is 16.4. The van der Waals surface area contributed by atoms with Gasteiger partial charge in [0.25, 0.3) is 5.91 Å². The average Bonchev–Trinajstić information content (AvgIpc) is 2.37. The molecule has 0 bridgehead atoms. The van der Waals surface area contributed by atoms with Crippen molar-refractivity contribution in [3.63, 3.8) is 0 Å². The van der Waals surface area contributed by atoms with E-state index >= 15 is 0 Å². The van der Waals surface area contributed by atoms with Crippen LogP contribution in [0.25, 0.3) is 0 Å². The molecule has 5 nitrogen and oxygen atoms in total. The van der Waals surface area contributed by atoms with E-state index in [1.807, 2.05) is 13.8 Å². The molecule has 0 saturated heterocycles. The summed E-state index contributed by atoms with van der Waals surface area (Å²) in [4.78, 5) is 11.8. The lowest BCUT2D eigenvalue weighted by atomic mass is 10.1. The maximum absolute atomic E-state index is 11.8. The highest BCUT2D eigenvalue weighted by Gasteiger charge is 2.09. The monoisotopic (exact) mass is 235 g/mol. The molecule has 0 saturated carbocycles. The lowest BCUT2D eigenvalue weighted by molar-refractivity contribution is 0.0939. The summed E-state index contributed by atoms with van der Waals surface area (Å²) in [5.74, 6) is -0.171. The highest BCUT2D eigenvalue weighted by Crippen LogP contribution is 2.06. The van der Waals surface area contributed by atoms with Crippen molar-refractivity contribution >= 4 is 11.7 Å². The number of hydrogen-bond acceptors (Lipinski definition) is 3. The molecule has 0 aromatic heterocycles. The zero-order valence-corrected chi connectivity index (χ0v) is 9.97. The first-order valence-corrected chi connectivity index (χ1v) is 5.47. The van der Waals surface area contributed by atoms with E-state index in [-0.39, 0.29) is 17.8 Å². The molecule has 1 unspecified atom stereocenters. The summed E-state index contributed by atoms with van der Waals surface area (Å²) in [6, 6.07) is 6.77. The van der Waals surface area contributed by atoms with Gasteiger partial charge in [0.15, 0.2) is 5.84 Å². The summed E-state index contributed by atoms with van der Waals surface area (Å²) >= 11 is 0. The van der Waals surface area contributed by atoms with Crippen molar-refractivity contribution in [2.45, 2.75) is 26.3 Å². The third-order valence-electron chi connectivity index (χ3n) is 2.52. The molecule has 0 spiro atoms. The van der Waals surface area contributed by atoms with E-state index in [9.17, 15) is 4.79 Å². The molecule has 4 N–H and O–H groups in total. The number of benzene rings is 1. The number of nitrogens with two attached hydrogens (primary N) is 1. The molecule has 1 atom stereocenters. The van der Waals surface area contributed by atoms with E-state index in [4.69, 9.17) is 10.9 Å². The molecule has 0 aliphatic heterocycles. The van der Waals surface area contributed by atoms with Gasteiger partial charge in [0.05, 0.1) is 0 Å². The molecule has 0 aliphatic rings. The van der Waals surface area contributed by atoms with E-state index in [0.29, 0.717) is 11.1 Å². The largest absolute Gasteiger partial charge is 0.409 e. The Hall–Kier alpha value is -2.04. The molecule has 1 amide bonds. The molecule has 1 aromatic carbocycles. The summed E-state index contributed by atoms with van der Waals surface area (Å²) < 4.78 is 0. The van der Waals surface area contributed by atoms with Crippen LogP contribution in [0.5, 0.6) is 0 Å². The van der Waals surface area contributed by atoms with Gasteiger partial charge < -0.3 is 16.3 Å². The normalized spacial score (nSPS) is 13.2. The van der Waals surface area contributed by atoms with Gasteiger partial charge in [-0.25, -0.2) is 0 Å². The molecule has 0 heterocycles. The van der Waals surface area contributed by atoms with Crippen molar-refractivity contribution < 1.29 is 10.0 Å². The topological polar surface area (TPSA) is 87.7 Å². The maximum atomic E-state index is 11.8. The number of hydrogen-bond donors (Lipinski definition) is 3. The second-order valence-electron chi connectivity index (χ2n) is 3.85. The molecular weight excluding hydrogens is 218 g/mol. The van der Waals surface area contributed by atoms with Crippen LogP contribution in [-0.4, -0.2) is 23.0 Å². The summed E-state index contributed by atoms with van der Waals surface area (Å²) in [6.07, 6.45) is 0.867. The van der Waals surface area contributed by atoms with Gasteiger partial charge in [-0.15, -0.1) is 0 Å². The number of oxime groups is 1. The zero-order valence-electron chi connectivity index (χ0n) is 9.97. The van der Waals surface area contributed by atoms with Crippen molar-refractivity contribution in [1.29, 1.82) is 0 Å². The first kappa shape index (κ1) is 13.0. The van der Waals surface area contributed by atoms with Crippen molar-refractivity contribution in [1.82, 2.24) is 5.32 Å². The van der Waals surface area contributed by atoms with Crippen LogP contribution in [0.4, 0.5) is 0 Å². The zero-order chi connectivity index (χ0) is 12.8. The molecule has 1 rings (SSSR count). The predicted octanol–water partition coefficient (Wildman–Crippen LogP) is 1.31. The van der Waals surface area contributed by atoms with Crippen LogP contribution in [0.2, 0.25) is 0 Å².